The Balaban J connectivity index is 1.30. The summed E-state index contributed by atoms with van der Waals surface area (Å²) in [7, 11) is 0. The van der Waals surface area contributed by atoms with Crippen LogP contribution in [0.4, 0.5) is 19.1 Å². The van der Waals surface area contributed by atoms with Gasteiger partial charge in [0.2, 0.25) is 23.8 Å². The summed E-state index contributed by atoms with van der Waals surface area (Å²) >= 11 is 6.23. The molecule has 2 aliphatic heterocycles. The Morgan fingerprint density at radius 2 is 1.89 bits per heavy atom. The number of hydrogen-bond acceptors (Lipinski definition) is 8. The number of ether oxygens (including phenoxy) is 2. The number of carboxylic acids is 1. The molecule has 4 heterocycles. The smallest absolute Gasteiger partial charge is 0.426 e. The minimum absolute atomic E-state index is 0.0286. The quantitative estimate of drug-likeness (QED) is 0.314. The minimum Gasteiger partial charge on any atom is -0.480 e. The molecule has 3 aromatic rings. The number of allylic oxidation sites excluding steroid dienone is 3. The van der Waals surface area contributed by atoms with E-state index in [4.69, 9.17) is 21.1 Å². The standard InChI is InChI=1S/C31H32ClF3N6O4/c1-19-9-12-41(39-19)24-15-20(32)7-8-22(24)27(31(33,34)35)45-26-16-25(44-21-5-3-2-4-6-21)37-29(38-26)40-13-10-30(11-14-40)17-23(28(42)43)36-18-30/h2-7,9,12,15-16,22-23,27,36H,8,10-11,13-14,17-18H2,1H3,(H,42,43). The third-order valence-electron chi connectivity index (χ3n) is 8.55. The van der Waals surface area contributed by atoms with Gasteiger partial charge in [0.1, 0.15) is 11.8 Å². The van der Waals surface area contributed by atoms with Crippen molar-refractivity contribution in [3.8, 4) is 17.5 Å². The van der Waals surface area contributed by atoms with E-state index in [9.17, 15) is 23.1 Å². The molecule has 0 radical (unpaired) electrons. The van der Waals surface area contributed by atoms with Crippen molar-refractivity contribution in [2.45, 2.75) is 50.9 Å². The van der Waals surface area contributed by atoms with Gasteiger partial charge in [0.15, 0.2) is 0 Å². The van der Waals surface area contributed by atoms with Crippen LogP contribution in [0.15, 0.2) is 65.8 Å². The summed E-state index contributed by atoms with van der Waals surface area (Å²) in [6, 6.07) is 11.1. The molecule has 238 valence electrons. The van der Waals surface area contributed by atoms with Gasteiger partial charge >= 0.3 is 12.1 Å². The molecule has 3 atom stereocenters. The number of carbonyl (C=O) groups is 1. The van der Waals surface area contributed by atoms with E-state index in [0.29, 0.717) is 55.4 Å². The van der Waals surface area contributed by atoms with Crippen molar-refractivity contribution in [3.05, 3.63) is 71.5 Å². The highest BCUT2D eigenvalue weighted by atomic mass is 35.5. The van der Waals surface area contributed by atoms with Crippen LogP contribution in [0.1, 0.15) is 31.4 Å². The number of benzene rings is 1. The number of anilines is 1. The molecule has 6 rings (SSSR count). The first-order valence-electron chi connectivity index (χ1n) is 14.6. The monoisotopic (exact) mass is 644 g/mol. The summed E-state index contributed by atoms with van der Waals surface area (Å²) in [5.74, 6) is -1.70. The first-order valence-corrected chi connectivity index (χ1v) is 15.0. The average molecular weight is 645 g/mol. The second kappa shape index (κ2) is 12.4. The van der Waals surface area contributed by atoms with Crippen molar-refractivity contribution in [2.75, 3.05) is 24.5 Å². The van der Waals surface area contributed by atoms with Gasteiger partial charge in [-0.05, 0) is 62.3 Å². The van der Waals surface area contributed by atoms with E-state index in [1.807, 2.05) is 11.0 Å². The fraction of sp³-hybridized carbons (Fsp3) is 0.419. The lowest BCUT2D eigenvalue weighted by Gasteiger charge is -2.39. The molecule has 45 heavy (non-hydrogen) atoms. The number of nitrogens with one attached hydrogen (secondary N) is 1. The molecule has 3 aliphatic rings. The van der Waals surface area contributed by atoms with E-state index in [0.717, 1.165) is 0 Å². The Labute approximate surface area is 262 Å². The Bertz CT molecular complexity index is 1600. The number of carboxylic acid groups (broad SMARTS) is 1. The van der Waals surface area contributed by atoms with Crippen molar-refractivity contribution in [1.29, 1.82) is 0 Å². The highest BCUT2D eigenvalue weighted by molar-refractivity contribution is 6.31. The molecule has 1 aliphatic carbocycles. The lowest BCUT2D eigenvalue weighted by atomic mass is 9.76. The predicted octanol–water partition coefficient (Wildman–Crippen LogP) is 5.80. The van der Waals surface area contributed by atoms with Crippen molar-refractivity contribution in [1.82, 2.24) is 25.1 Å². The second-order valence-corrected chi connectivity index (χ2v) is 12.1. The Hall–Kier alpha value is -4.10. The largest absolute Gasteiger partial charge is 0.480 e. The molecule has 0 bridgehead atoms. The summed E-state index contributed by atoms with van der Waals surface area (Å²) < 4.78 is 57.4. The number of para-hydroxylation sites is 1. The van der Waals surface area contributed by atoms with Crippen LogP contribution in [-0.2, 0) is 4.79 Å². The predicted molar refractivity (Wildman–Crippen MR) is 160 cm³/mol. The van der Waals surface area contributed by atoms with E-state index in [-0.39, 0.29) is 35.2 Å². The van der Waals surface area contributed by atoms with Gasteiger partial charge in [0.05, 0.1) is 23.4 Å². The van der Waals surface area contributed by atoms with Crippen LogP contribution in [0, 0.1) is 18.3 Å². The van der Waals surface area contributed by atoms with Gasteiger partial charge < -0.3 is 24.8 Å². The lowest BCUT2D eigenvalue weighted by molar-refractivity contribution is -0.205. The molecule has 2 saturated heterocycles. The first-order chi connectivity index (χ1) is 21.5. The van der Waals surface area contributed by atoms with Crippen LogP contribution in [-0.4, -0.2) is 68.8 Å². The van der Waals surface area contributed by atoms with Gasteiger partial charge in [-0.1, -0.05) is 35.9 Å². The molecule has 10 nitrogen and oxygen atoms in total. The van der Waals surface area contributed by atoms with Gasteiger partial charge in [-0.25, -0.2) is 4.68 Å². The molecule has 0 saturated carbocycles. The average Bonchev–Trinajstić information content (AvgIpc) is 3.63. The van der Waals surface area contributed by atoms with Gasteiger partial charge in [-0.15, -0.1) is 0 Å². The molecule has 0 amide bonds. The SMILES string of the molecule is Cc1ccn(C2=CC(Cl)=CCC2C(Oc2cc(Oc3ccccc3)nc(N3CCC4(CC3)CNC(C(=O)O)C4)n2)C(F)(F)F)n1. The van der Waals surface area contributed by atoms with E-state index in [1.165, 1.54) is 22.9 Å². The van der Waals surface area contributed by atoms with E-state index >= 15 is 0 Å². The first kappa shape index (κ1) is 30.9. The normalized spacial score (nSPS) is 22.1. The zero-order valence-electron chi connectivity index (χ0n) is 24.4. The fourth-order valence-electron chi connectivity index (χ4n) is 6.16. The van der Waals surface area contributed by atoms with Gasteiger partial charge in [-0.2, -0.15) is 28.2 Å². The molecule has 14 heteroatoms. The molecule has 2 N–H and O–H groups in total. The minimum atomic E-state index is -4.77. The maximum Gasteiger partial charge on any atom is 0.426 e. The molecular formula is C31H32ClF3N6O4. The summed E-state index contributed by atoms with van der Waals surface area (Å²) in [4.78, 5) is 22.4. The molecule has 2 fully saturated rings. The topological polar surface area (TPSA) is 115 Å². The maximum atomic E-state index is 14.8. The Morgan fingerprint density at radius 1 is 1.16 bits per heavy atom. The van der Waals surface area contributed by atoms with Crippen LogP contribution in [0.25, 0.3) is 5.70 Å². The molecule has 3 unspecified atom stereocenters. The number of hydrogen-bond donors (Lipinski definition) is 2. The fourth-order valence-corrected chi connectivity index (χ4v) is 6.36. The molecular weight excluding hydrogens is 613 g/mol. The summed E-state index contributed by atoms with van der Waals surface area (Å²) in [5, 5.41) is 17.2. The van der Waals surface area contributed by atoms with Crippen LogP contribution in [0.5, 0.6) is 17.5 Å². The van der Waals surface area contributed by atoms with Crippen LogP contribution in [0.2, 0.25) is 0 Å². The van der Waals surface area contributed by atoms with E-state index in [2.05, 4.69) is 20.4 Å². The number of rotatable bonds is 8. The van der Waals surface area contributed by atoms with Gasteiger partial charge in [0.25, 0.3) is 0 Å². The third kappa shape index (κ3) is 6.94. The number of halogens is 4. The van der Waals surface area contributed by atoms with Crippen molar-refractivity contribution >= 4 is 29.2 Å². The molecule has 1 aromatic carbocycles. The number of piperidine rings is 1. The zero-order valence-corrected chi connectivity index (χ0v) is 25.1. The number of aliphatic carboxylic acids is 1. The maximum absolute atomic E-state index is 14.8. The third-order valence-corrected chi connectivity index (χ3v) is 8.82. The van der Waals surface area contributed by atoms with Gasteiger partial charge in [-0.3, -0.25) is 4.79 Å². The van der Waals surface area contributed by atoms with Crippen molar-refractivity contribution in [2.24, 2.45) is 11.3 Å². The molecule has 2 aromatic heterocycles. The number of nitrogens with zero attached hydrogens (tertiary/aromatic N) is 5. The summed E-state index contributed by atoms with van der Waals surface area (Å²) in [6.07, 6.45) is -0.648. The van der Waals surface area contributed by atoms with Crippen molar-refractivity contribution < 1.29 is 32.5 Å². The zero-order chi connectivity index (χ0) is 31.8. The Morgan fingerprint density at radius 3 is 2.53 bits per heavy atom. The number of alkyl halides is 3. The van der Waals surface area contributed by atoms with Crippen LogP contribution < -0.4 is 19.7 Å². The highest BCUT2D eigenvalue weighted by Crippen LogP contribution is 2.42. The van der Waals surface area contributed by atoms with Crippen LogP contribution >= 0.6 is 11.6 Å². The van der Waals surface area contributed by atoms with E-state index in [1.54, 1.807) is 43.5 Å². The van der Waals surface area contributed by atoms with E-state index < -0.39 is 30.2 Å². The Kier molecular flexibility index (Phi) is 8.49. The van der Waals surface area contributed by atoms with Gasteiger partial charge in [0, 0.05) is 30.9 Å². The summed E-state index contributed by atoms with van der Waals surface area (Å²) in [6.45, 7) is 3.31. The second-order valence-electron chi connectivity index (χ2n) is 11.7. The highest BCUT2D eigenvalue weighted by Gasteiger charge is 2.49. The summed E-state index contributed by atoms with van der Waals surface area (Å²) in [5.41, 5.74) is 0.712. The number of aryl methyl sites for hydroxylation is 1. The number of aromatic nitrogens is 4. The van der Waals surface area contributed by atoms with Crippen LogP contribution in [0.3, 0.4) is 0 Å². The van der Waals surface area contributed by atoms with Crippen molar-refractivity contribution in [3.63, 3.8) is 0 Å². The lowest BCUT2D eigenvalue weighted by Crippen LogP contribution is -2.43. The molecule has 1 spiro atoms.